The Balaban J connectivity index is 1.20. The number of alkyl halides is 3. The fourth-order valence-electron chi connectivity index (χ4n) is 4.45. The van der Waals surface area contributed by atoms with Gasteiger partial charge in [0.1, 0.15) is 17.1 Å². The average Bonchev–Trinajstić information content (AvgIpc) is 3.47. The summed E-state index contributed by atoms with van der Waals surface area (Å²) in [5.74, 6) is -1.23. The van der Waals surface area contributed by atoms with Crippen molar-refractivity contribution in [2.24, 2.45) is 0 Å². The highest BCUT2D eigenvalue weighted by Gasteiger charge is 2.66. The number of benzene rings is 1. The zero-order chi connectivity index (χ0) is 28.7. The molecule has 3 aromatic heterocycles. The standard InChI is InChI=1S/C27H26F4N6O3/c1-15(38)13-37-14-19(16(2)35-37)8-23-32-11-20(12-33-23)17-3-4-18(21(28)7-17)9-25(39)34-24-10-22(40-36-24)26(5-6-26)27(29,30)31/h3-4,7,10-12,14-15,38H,5-6,8-9,13H2,1-2H3,(H,34,36,39)/t15-/m1/s1. The van der Waals surface area contributed by atoms with Crippen LogP contribution in [0.4, 0.5) is 23.4 Å². The summed E-state index contributed by atoms with van der Waals surface area (Å²) in [5.41, 5.74) is 0.879. The van der Waals surface area contributed by atoms with Crippen LogP contribution in [0.15, 0.2) is 47.4 Å². The van der Waals surface area contributed by atoms with Gasteiger partial charge in [-0.2, -0.15) is 18.3 Å². The smallest absolute Gasteiger partial charge is 0.391 e. The van der Waals surface area contributed by atoms with Gasteiger partial charge in [0.25, 0.3) is 0 Å². The van der Waals surface area contributed by atoms with Crippen molar-refractivity contribution in [3.05, 3.63) is 77.1 Å². The Morgan fingerprint density at radius 3 is 2.52 bits per heavy atom. The third kappa shape index (κ3) is 5.74. The fraction of sp³-hybridized carbons (Fsp3) is 0.370. The van der Waals surface area contributed by atoms with Gasteiger partial charge in [-0.25, -0.2) is 14.4 Å². The molecule has 0 radical (unpaired) electrons. The predicted octanol–water partition coefficient (Wildman–Crippen LogP) is 4.52. The van der Waals surface area contributed by atoms with E-state index in [2.05, 4.69) is 25.5 Å². The lowest BCUT2D eigenvalue weighted by Gasteiger charge is -2.14. The number of aliphatic hydroxyl groups is 1. The Bertz CT molecular complexity index is 1520. The summed E-state index contributed by atoms with van der Waals surface area (Å²) in [7, 11) is 0. The van der Waals surface area contributed by atoms with Crippen LogP contribution in [0.1, 0.15) is 48.2 Å². The molecule has 1 saturated carbocycles. The first-order valence-corrected chi connectivity index (χ1v) is 12.6. The molecule has 1 atom stereocenters. The molecule has 1 aliphatic rings. The van der Waals surface area contributed by atoms with Crippen LogP contribution in [0.2, 0.25) is 0 Å². The van der Waals surface area contributed by atoms with Gasteiger partial charge in [0.2, 0.25) is 5.91 Å². The Hall–Kier alpha value is -4.13. The molecule has 1 aliphatic carbocycles. The van der Waals surface area contributed by atoms with Crippen LogP contribution in [-0.2, 0) is 29.6 Å². The van der Waals surface area contributed by atoms with E-state index < -0.39 is 29.4 Å². The number of halogens is 4. The minimum Gasteiger partial charge on any atom is -0.391 e. The van der Waals surface area contributed by atoms with Crippen LogP contribution in [0, 0.1) is 12.7 Å². The zero-order valence-corrected chi connectivity index (χ0v) is 21.7. The van der Waals surface area contributed by atoms with E-state index in [9.17, 15) is 27.5 Å². The molecule has 3 heterocycles. The maximum absolute atomic E-state index is 14.8. The normalized spacial score (nSPS) is 15.2. The lowest BCUT2D eigenvalue weighted by molar-refractivity contribution is -0.165. The second kappa shape index (κ2) is 10.5. The van der Waals surface area contributed by atoms with E-state index in [4.69, 9.17) is 4.52 Å². The number of hydrogen-bond acceptors (Lipinski definition) is 7. The van der Waals surface area contributed by atoms with E-state index in [1.807, 2.05) is 13.1 Å². The summed E-state index contributed by atoms with van der Waals surface area (Å²) in [6, 6.07) is 5.40. The summed E-state index contributed by atoms with van der Waals surface area (Å²) in [6.07, 6.45) is -0.0871. The van der Waals surface area contributed by atoms with Gasteiger partial charge in [-0.1, -0.05) is 17.3 Å². The van der Waals surface area contributed by atoms with E-state index in [0.717, 1.165) is 17.3 Å². The van der Waals surface area contributed by atoms with Gasteiger partial charge in [0.05, 0.1) is 24.8 Å². The first kappa shape index (κ1) is 27.4. The van der Waals surface area contributed by atoms with E-state index in [-0.39, 0.29) is 36.4 Å². The van der Waals surface area contributed by atoms with Crippen molar-refractivity contribution >= 4 is 11.7 Å². The summed E-state index contributed by atoms with van der Waals surface area (Å²) in [4.78, 5) is 21.2. The largest absolute Gasteiger partial charge is 0.401 e. The summed E-state index contributed by atoms with van der Waals surface area (Å²) < 4.78 is 61.1. The van der Waals surface area contributed by atoms with E-state index in [0.29, 0.717) is 29.9 Å². The SMILES string of the molecule is Cc1nn(C[C@@H](C)O)cc1Cc1ncc(-c2ccc(CC(=O)Nc3cc(C4(C(F)(F)F)CC4)on3)c(F)c2)cn1. The fourth-order valence-corrected chi connectivity index (χ4v) is 4.45. The number of anilines is 1. The van der Waals surface area contributed by atoms with Gasteiger partial charge in [-0.05, 0) is 43.9 Å². The molecule has 2 N–H and O–H groups in total. The minimum absolute atomic E-state index is 0.0967. The second-order valence-electron chi connectivity index (χ2n) is 10.1. The maximum atomic E-state index is 14.8. The van der Waals surface area contributed by atoms with Gasteiger partial charge in [-0.15, -0.1) is 0 Å². The van der Waals surface area contributed by atoms with Gasteiger partial charge in [0.15, 0.2) is 11.6 Å². The zero-order valence-electron chi connectivity index (χ0n) is 21.7. The van der Waals surface area contributed by atoms with Gasteiger partial charge in [0, 0.05) is 42.2 Å². The molecule has 4 aromatic rings. The molecule has 0 aliphatic heterocycles. The van der Waals surface area contributed by atoms with Crippen LogP contribution in [0.3, 0.4) is 0 Å². The lowest BCUT2D eigenvalue weighted by Crippen LogP contribution is -2.28. The van der Waals surface area contributed by atoms with Crippen molar-refractivity contribution in [2.45, 2.75) is 63.8 Å². The van der Waals surface area contributed by atoms with Crippen LogP contribution in [0.25, 0.3) is 11.1 Å². The number of aryl methyl sites for hydroxylation is 1. The monoisotopic (exact) mass is 558 g/mol. The summed E-state index contributed by atoms with van der Waals surface area (Å²) in [6.45, 7) is 3.93. The maximum Gasteiger partial charge on any atom is 0.401 e. The van der Waals surface area contributed by atoms with E-state index >= 15 is 0 Å². The number of amides is 1. The average molecular weight is 559 g/mol. The Morgan fingerprint density at radius 1 is 1.18 bits per heavy atom. The van der Waals surface area contributed by atoms with Gasteiger partial charge >= 0.3 is 6.18 Å². The molecule has 40 heavy (non-hydrogen) atoms. The lowest BCUT2D eigenvalue weighted by atomic mass is 10.0. The Labute approximate surface area is 226 Å². The number of rotatable bonds is 9. The predicted molar refractivity (Wildman–Crippen MR) is 135 cm³/mol. The molecule has 13 heteroatoms. The Morgan fingerprint density at radius 2 is 1.90 bits per heavy atom. The van der Waals surface area contributed by atoms with Crippen molar-refractivity contribution in [3.63, 3.8) is 0 Å². The van der Waals surface area contributed by atoms with E-state index in [1.54, 1.807) is 30.1 Å². The molecule has 1 fully saturated rings. The molecule has 0 saturated heterocycles. The number of hydrogen-bond donors (Lipinski definition) is 2. The Kier molecular flexibility index (Phi) is 7.17. The highest BCUT2D eigenvalue weighted by molar-refractivity contribution is 5.91. The summed E-state index contributed by atoms with van der Waals surface area (Å²) >= 11 is 0. The van der Waals surface area contributed by atoms with Crippen molar-refractivity contribution in [1.29, 1.82) is 0 Å². The highest BCUT2D eigenvalue weighted by atomic mass is 19.4. The first-order valence-electron chi connectivity index (χ1n) is 12.6. The van der Waals surface area contributed by atoms with Crippen LogP contribution in [0.5, 0.6) is 0 Å². The second-order valence-corrected chi connectivity index (χ2v) is 10.1. The molecule has 0 unspecified atom stereocenters. The van der Waals surface area contributed by atoms with Crippen molar-refractivity contribution in [1.82, 2.24) is 24.9 Å². The van der Waals surface area contributed by atoms with Crippen molar-refractivity contribution < 1.29 is 32.0 Å². The first-order chi connectivity index (χ1) is 18.9. The molecular weight excluding hydrogens is 532 g/mol. The van der Waals surface area contributed by atoms with Crippen LogP contribution in [-0.4, -0.2) is 48.2 Å². The number of aromatic nitrogens is 5. The topological polar surface area (TPSA) is 119 Å². The molecule has 9 nitrogen and oxygen atoms in total. The summed E-state index contributed by atoms with van der Waals surface area (Å²) in [5, 5.41) is 19.8. The highest BCUT2D eigenvalue weighted by Crippen LogP contribution is 2.59. The number of carbonyl (C=O) groups excluding carboxylic acids is 1. The molecule has 0 bridgehead atoms. The minimum atomic E-state index is -4.47. The van der Waals surface area contributed by atoms with Crippen LogP contribution >= 0.6 is 0 Å². The third-order valence-electron chi connectivity index (χ3n) is 6.83. The molecule has 210 valence electrons. The number of carbonyl (C=O) groups is 1. The third-order valence-corrected chi connectivity index (χ3v) is 6.83. The molecule has 5 rings (SSSR count). The van der Waals surface area contributed by atoms with Crippen LogP contribution < -0.4 is 5.32 Å². The quantitative estimate of drug-likeness (QED) is 0.290. The number of aliphatic hydroxyl groups excluding tert-OH is 1. The van der Waals surface area contributed by atoms with Gasteiger partial charge < -0.3 is 14.9 Å². The number of nitrogens with zero attached hydrogens (tertiary/aromatic N) is 5. The molecule has 0 spiro atoms. The van der Waals surface area contributed by atoms with E-state index in [1.165, 1.54) is 12.1 Å². The molecule has 1 aromatic carbocycles. The van der Waals surface area contributed by atoms with Crippen molar-refractivity contribution in [2.75, 3.05) is 5.32 Å². The van der Waals surface area contributed by atoms with Crippen molar-refractivity contribution in [3.8, 4) is 11.1 Å². The number of nitrogens with one attached hydrogen (secondary N) is 1. The van der Waals surface area contributed by atoms with Gasteiger partial charge in [-0.3, -0.25) is 9.48 Å². The molecular formula is C27H26F4N6O3. The molecule has 1 amide bonds.